The molecule has 0 fully saturated rings. The van der Waals surface area contributed by atoms with Crippen LogP contribution in [-0.2, 0) is 0 Å². The molecule has 110 valence electrons. The van der Waals surface area contributed by atoms with Crippen molar-refractivity contribution in [2.45, 2.75) is 0 Å². The monoisotopic (exact) mass is 287 g/mol. The quantitative estimate of drug-likeness (QED) is 0.883. The van der Waals surface area contributed by atoms with Gasteiger partial charge in [-0.25, -0.2) is 4.39 Å². The Bertz CT molecular complexity index is 653. The molecule has 5 heteroatoms. The first kappa shape index (κ1) is 14.8. The van der Waals surface area contributed by atoms with Crippen molar-refractivity contribution in [3.05, 3.63) is 53.8 Å². The van der Waals surface area contributed by atoms with Crippen LogP contribution < -0.4 is 10.6 Å². The molecule has 0 aliphatic heterocycles. The first-order valence-electron chi connectivity index (χ1n) is 6.50. The van der Waals surface area contributed by atoms with E-state index in [9.17, 15) is 9.18 Å². The van der Waals surface area contributed by atoms with Crippen LogP contribution in [0.5, 0.6) is 0 Å². The van der Waals surface area contributed by atoms with Gasteiger partial charge in [0.05, 0.1) is 11.4 Å². The van der Waals surface area contributed by atoms with Crippen LogP contribution in [0.15, 0.2) is 42.5 Å². The van der Waals surface area contributed by atoms with E-state index >= 15 is 0 Å². The van der Waals surface area contributed by atoms with Crippen LogP contribution >= 0.6 is 0 Å². The van der Waals surface area contributed by atoms with E-state index in [0.29, 0.717) is 11.3 Å². The topological polar surface area (TPSA) is 49.6 Å². The van der Waals surface area contributed by atoms with Crippen molar-refractivity contribution >= 4 is 23.0 Å². The normalized spacial score (nSPS) is 10.3. The number of hydrogen-bond acceptors (Lipinski definition) is 3. The molecule has 0 unspecified atom stereocenters. The summed E-state index contributed by atoms with van der Waals surface area (Å²) in [6.07, 6.45) is 0. The van der Waals surface area contributed by atoms with Gasteiger partial charge in [-0.1, -0.05) is 0 Å². The average Bonchev–Trinajstić information content (AvgIpc) is 2.46. The second kappa shape index (κ2) is 5.83. The molecule has 0 aliphatic rings. The lowest BCUT2D eigenvalue weighted by Gasteiger charge is -2.22. The molecule has 1 amide bonds. The van der Waals surface area contributed by atoms with Crippen LogP contribution in [0.4, 0.5) is 21.5 Å². The van der Waals surface area contributed by atoms with E-state index < -0.39 is 0 Å². The number of halogens is 1. The Morgan fingerprint density at radius 3 is 2.19 bits per heavy atom. The molecule has 0 aliphatic carbocycles. The van der Waals surface area contributed by atoms with Crippen LogP contribution in [-0.4, -0.2) is 32.0 Å². The zero-order chi connectivity index (χ0) is 15.6. The van der Waals surface area contributed by atoms with Crippen LogP contribution in [0.1, 0.15) is 10.4 Å². The van der Waals surface area contributed by atoms with Crippen molar-refractivity contribution in [2.24, 2.45) is 0 Å². The van der Waals surface area contributed by atoms with E-state index in [1.54, 1.807) is 44.4 Å². The maximum absolute atomic E-state index is 13.0. The van der Waals surface area contributed by atoms with Crippen molar-refractivity contribution in [1.29, 1.82) is 0 Å². The third-order valence-corrected chi connectivity index (χ3v) is 3.26. The first-order chi connectivity index (χ1) is 9.90. The van der Waals surface area contributed by atoms with Crippen molar-refractivity contribution in [3.8, 4) is 0 Å². The zero-order valence-electron chi connectivity index (χ0n) is 12.3. The highest BCUT2D eigenvalue weighted by Crippen LogP contribution is 2.29. The summed E-state index contributed by atoms with van der Waals surface area (Å²) in [4.78, 5) is 15.2. The summed E-state index contributed by atoms with van der Waals surface area (Å²) in [6.45, 7) is 0. The van der Waals surface area contributed by atoms with Crippen molar-refractivity contribution in [1.82, 2.24) is 4.90 Å². The van der Waals surface area contributed by atoms with Crippen molar-refractivity contribution in [3.63, 3.8) is 0 Å². The summed E-state index contributed by atoms with van der Waals surface area (Å²) in [7, 11) is 5.22. The predicted molar refractivity (Wildman–Crippen MR) is 83.3 cm³/mol. The lowest BCUT2D eigenvalue weighted by molar-refractivity contribution is 0.0827. The zero-order valence-corrected chi connectivity index (χ0v) is 12.3. The van der Waals surface area contributed by atoms with Crippen LogP contribution in [0, 0.1) is 5.82 Å². The average molecular weight is 287 g/mol. The van der Waals surface area contributed by atoms with E-state index in [0.717, 1.165) is 11.4 Å². The number of carbonyl (C=O) groups is 1. The van der Waals surface area contributed by atoms with Gasteiger partial charge in [0.15, 0.2) is 0 Å². The van der Waals surface area contributed by atoms with Gasteiger partial charge in [0.2, 0.25) is 0 Å². The number of nitrogens with zero attached hydrogens (tertiary/aromatic N) is 2. The summed E-state index contributed by atoms with van der Waals surface area (Å²) in [5, 5.41) is 0. The molecule has 0 saturated heterocycles. The Hall–Kier alpha value is -2.56. The Morgan fingerprint density at radius 2 is 1.67 bits per heavy atom. The third kappa shape index (κ3) is 3.13. The highest BCUT2D eigenvalue weighted by atomic mass is 19.1. The number of rotatable bonds is 3. The van der Waals surface area contributed by atoms with Crippen LogP contribution in [0.3, 0.4) is 0 Å². The number of nitrogen functional groups attached to an aromatic ring is 1. The fraction of sp³-hybridized carbons (Fsp3) is 0.188. The van der Waals surface area contributed by atoms with E-state index in [2.05, 4.69) is 0 Å². The van der Waals surface area contributed by atoms with Gasteiger partial charge in [0.25, 0.3) is 5.91 Å². The lowest BCUT2D eigenvalue weighted by atomic mass is 10.1. The molecule has 2 N–H and O–H groups in total. The summed E-state index contributed by atoms with van der Waals surface area (Å²) < 4.78 is 13.0. The molecule has 0 radical (unpaired) electrons. The Balaban J connectivity index is 2.32. The Labute approximate surface area is 123 Å². The minimum atomic E-state index is -0.285. The molecule has 2 aromatic carbocycles. The van der Waals surface area contributed by atoms with Crippen LogP contribution in [0.25, 0.3) is 0 Å². The summed E-state index contributed by atoms with van der Waals surface area (Å²) in [5.74, 6) is -0.385. The molecule has 0 spiro atoms. The molecule has 0 heterocycles. The smallest absolute Gasteiger partial charge is 0.253 e. The molecule has 0 aromatic heterocycles. The number of carbonyl (C=O) groups excluding carboxylic acids is 1. The highest BCUT2D eigenvalue weighted by Gasteiger charge is 2.13. The lowest BCUT2D eigenvalue weighted by Crippen LogP contribution is -2.22. The molecule has 0 bridgehead atoms. The van der Waals surface area contributed by atoms with Crippen molar-refractivity contribution < 1.29 is 9.18 Å². The number of nitrogens with two attached hydrogens (primary N) is 1. The summed E-state index contributed by atoms with van der Waals surface area (Å²) >= 11 is 0. The maximum atomic E-state index is 13.0. The number of hydrogen-bond donors (Lipinski definition) is 1. The van der Waals surface area contributed by atoms with Gasteiger partial charge < -0.3 is 15.5 Å². The van der Waals surface area contributed by atoms with Gasteiger partial charge in [-0.3, -0.25) is 4.79 Å². The second-order valence-electron chi connectivity index (χ2n) is 5.01. The molecule has 0 saturated carbocycles. The Kier molecular flexibility index (Phi) is 4.12. The number of anilines is 3. The van der Waals surface area contributed by atoms with Gasteiger partial charge in [0, 0.05) is 32.4 Å². The summed E-state index contributed by atoms with van der Waals surface area (Å²) in [5.41, 5.74) is 8.65. The first-order valence-corrected chi connectivity index (χ1v) is 6.50. The molecule has 4 nitrogen and oxygen atoms in total. The van der Waals surface area contributed by atoms with Gasteiger partial charge in [0.1, 0.15) is 5.82 Å². The largest absolute Gasteiger partial charge is 0.397 e. The SMILES string of the molecule is CN(C)C(=O)c1ccc(N(C)c2ccc(F)cc2)c(N)c1. The predicted octanol–water partition coefficient (Wildman–Crippen LogP) is 2.88. The molecule has 0 atom stereocenters. The van der Waals surface area contributed by atoms with Crippen molar-refractivity contribution in [2.75, 3.05) is 31.8 Å². The molecular weight excluding hydrogens is 269 g/mol. The minimum absolute atomic E-state index is 0.0994. The number of benzene rings is 2. The summed E-state index contributed by atoms with van der Waals surface area (Å²) in [6, 6.07) is 11.3. The highest BCUT2D eigenvalue weighted by molar-refractivity contribution is 5.96. The van der Waals surface area contributed by atoms with Gasteiger partial charge in [-0.2, -0.15) is 0 Å². The fourth-order valence-electron chi connectivity index (χ4n) is 2.05. The van der Waals surface area contributed by atoms with E-state index in [1.165, 1.54) is 17.0 Å². The molecule has 2 aromatic rings. The van der Waals surface area contributed by atoms with Crippen LogP contribution in [0.2, 0.25) is 0 Å². The fourth-order valence-corrected chi connectivity index (χ4v) is 2.05. The molecular formula is C16H18FN3O. The second-order valence-corrected chi connectivity index (χ2v) is 5.01. The van der Waals surface area contributed by atoms with Gasteiger partial charge >= 0.3 is 0 Å². The molecule has 2 rings (SSSR count). The molecule has 21 heavy (non-hydrogen) atoms. The number of amides is 1. The van der Waals surface area contributed by atoms with E-state index in [4.69, 9.17) is 5.73 Å². The maximum Gasteiger partial charge on any atom is 0.253 e. The minimum Gasteiger partial charge on any atom is -0.397 e. The van der Waals surface area contributed by atoms with E-state index in [1.807, 2.05) is 11.9 Å². The van der Waals surface area contributed by atoms with Gasteiger partial charge in [-0.15, -0.1) is 0 Å². The Morgan fingerprint density at radius 1 is 1.05 bits per heavy atom. The standard InChI is InChI=1S/C16H18FN3O/c1-19(2)16(21)11-4-9-15(14(18)10-11)20(3)13-7-5-12(17)6-8-13/h4-10H,18H2,1-3H3. The van der Waals surface area contributed by atoms with E-state index in [-0.39, 0.29) is 11.7 Å². The third-order valence-electron chi connectivity index (χ3n) is 3.26. The van der Waals surface area contributed by atoms with Gasteiger partial charge in [-0.05, 0) is 42.5 Å².